The van der Waals surface area contributed by atoms with E-state index in [2.05, 4.69) is 4.98 Å². The largest absolute Gasteiger partial charge is 0.393 e. The van der Waals surface area contributed by atoms with Crippen LogP contribution in [-0.2, 0) is 6.42 Å². The van der Waals surface area contributed by atoms with Gasteiger partial charge in [0.1, 0.15) is 5.69 Å². The van der Waals surface area contributed by atoms with Gasteiger partial charge in [-0.15, -0.1) is 0 Å². The lowest BCUT2D eigenvalue weighted by Crippen LogP contribution is -2.11. The number of pyridine rings is 1. The van der Waals surface area contributed by atoms with Crippen LogP contribution in [0.5, 0.6) is 0 Å². The van der Waals surface area contributed by atoms with Crippen LogP contribution in [0.4, 0.5) is 5.69 Å². The Morgan fingerprint density at radius 3 is 2.93 bits per heavy atom. The van der Waals surface area contributed by atoms with Crippen molar-refractivity contribution < 1.29 is 10.0 Å². The Morgan fingerprint density at radius 1 is 1.73 bits per heavy atom. The Morgan fingerprint density at radius 2 is 2.40 bits per heavy atom. The molecule has 1 heterocycles. The van der Waals surface area contributed by atoms with Crippen molar-refractivity contribution in [2.45, 2.75) is 25.9 Å². The minimum atomic E-state index is -0.614. The predicted molar refractivity (Wildman–Crippen MR) is 55.9 cm³/mol. The monoisotopic (exact) mass is 230 g/mol. The first-order valence-electron chi connectivity index (χ1n) is 4.51. The van der Waals surface area contributed by atoms with Crippen molar-refractivity contribution in [2.75, 3.05) is 0 Å². The van der Waals surface area contributed by atoms with Gasteiger partial charge < -0.3 is 5.11 Å². The third-order valence-corrected chi connectivity index (χ3v) is 2.22. The normalized spacial score (nSPS) is 12.5. The Kier molecular flexibility index (Phi) is 3.99. The second kappa shape index (κ2) is 5.04. The van der Waals surface area contributed by atoms with Gasteiger partial charge in [0, 0.05) is 18.7 Å². The highest BCUT2D eigenvalue weighted by Gasteiger charge is 2.18. The molecule has 0 radical (unpaired) electrons. The zero-order valence-electron chi connectivity index (χ0n) is 8.18. The number of nitro groups is 1. The van der Waals surface area contributed by atoms with Gasteiger partial charge in [-0.2, -0.15) is 0 Å². The molecule has 0 saturated heterocycles. The van der Waals surface area contributed by atoms with Crippen LogP contribution >= 0.6 is 11.6 Å². The number of rotatable bonds is 4. The Labute approximate surface area is 91.9 Å². The first-order chi connectivity index (χ1) is 7.04. The molecular formula is C9H11ClN2O3. The summed E-state index contributed by atoms with van der Waals surface area (Å²) in [5.74, 6) is 0. The third kappa shape index (κ3) is 3.14. The van der Waals surface area contributed by atoms with Gasteiger partial charge in [0.05, 0.1) is 16.0 Å². The molecule has 1 rings (SSSR count). The average molecular weight is 231 g/mol. The lowest BCUT2D eigenvalue weighted by atomic mass is 10.1. The number of halogens is 1. The predicted octanol–water partition coefficient (Wildman–Crippen LogP) is 1.96. The summed E-state index contributed by atoms with van der Waals surface area (Å²) in [6.07, 6.45) is 1.43. The van der Waals surface area contributed by atoms with Crippen molar-refractivity contribution in [3.05, 3.63) is 33.1 Å². The molecule has 15 heavy (non-hydrogen) atoms. The summed E-state index contributed by atoms with van der Waals surface area (Å²) < 4.78 is 0. The number of hydrogen-bond acceptors (Lipinski definition) is 4. The number of aliphatic hydroxyl groups excluding tert-OH is 1. The fourth-order valence-corrected chi connectivity index (χ4v) is 1.29. The van der Waals surface area contributed by atoms with Crippen molar-refractivity contribution in [2.24, 2.45) is 0 Å². The Bertz CT molecular complexity index is 370. The van der Waals surface area contributed by atoms with Crippen LogP contribution in [0.25, 0.3) is 0 Å². The molecule has 1 aromatic rings. The molecular weight excluding hydrogens is 220 g/mol. The van der Waals surface area contributed by atoms with E-state index in [9.17, 15) is 15.2 Å². The smallest absolute Gasteiger partial charge is 0.292 e. The number of hydrogen-bond donors (Lipinski definition) is 1. The van der Waals surface area contributed by atoms with Crippen LogP contribution in [0.1, 0.15) is 19.0 Å². The summed E-state index contributed by atoms with van der Waals surface area (Å²) in [4.78, 5) is 14.0. The summed E-state index contributed by atoms with van der Waals surface area (Å²) in [7, 11) is 0. The zero-order chi connectivity index (χ0) is 11.4. The summed E-state index contributed by atoms with van der Waals surface area (Å²) in [5.41, 5.74) is 0.119. The van der Waals surface area contributed by atoms with Gasteiger partial charge >= 0.3 is 0 Å². The van der Waals surface area contributed by atoms with E-state index in [0.29, 0.717) is 6.42 Å². The molecule has 0 saturated carbocycles. The molecule has 1 aromatic heterocycles. The second-order valence-electron chi connectivity index (χ2n) is 3.14. The molecule has 1 unspecified atom stereocenters. The van der Waals surface area contributed by atoms with Crippen molar-refractivity contribution in [1.82, 2.24) is 4.98 Å². The molecule has 82 valence electrons. The molecule has 0 spiro atoms. The number of aliphatic hydroxyl groups is 1. The van der Waals surface area contributed by atoms with Crippen molar-refractivity contribution >= 4 is 17.3 Å². The second-order valence-corrected chi connectivity index (χ2v) is 3.58. The molecule has 0 bridgehead atoms. The highest BCUT2D eigenvalue weighted by Crippen LogP contribution is 2.22. The van der Waals surface area contributed by atoms with Gasteiger partial charge in [0.15, 0.2) is 0 Å². The Balaban J connectivity index is 3.01. The van der Waals surface area contributed by atoms with E-state index in [-0.39, 0.29) is 22.8 Å². The van der Waals surface area contributed by atoms with E-state index >= 15 is 0 Å². The van der Waals surface area contributed by atoms with Gasteiger partial charge in [-0.1, -0.05) is 18.5 Å². The van der Waals surface area contributed by atoms with Crippen LogP contribution in [0.2, 0.25) is 5.02 Å². The van der Waals surface area contributed by atoms with Gasteiger partial charge in [0.25, 0.3) is 5.69 Å². The number of aromatic nitrogens is 1. The van der Waals surface area contributed by atoms with Gasteiger partial charge in [-0.3, -0.25) is 15.1 Å². The quantitative estimate of drug-likeness (QED) is 0.634. The van der Waals surface area contributed by atoms with Crippen LogP contribution < -0.4 is 0 Å². The molecule has 0 fully saturated rings. The zero-order valence-corrected chi connectivity index (χ0v) is 8.94. The van der Waals surface area contributed by atoms with Gasteiger partial charge in [0.2, 0.25) is 0 Å². The lowest BCUT2D eigenvalue weighted by Gasteiger charge is -2.07. The molecule has 0 aromatic carbocycles. The van der Waals surface area contributed by atoms with E-state index in [1.54, 1.807) is 6.92 Å². The van der Waals surface area contributed by atoms with Gasteiger partial charge in [-0.05, 0) is 6.42 Å². The van der Waals surface area contributed by atoms with Crippen molar-refractivity contribution in [1.29, 1.82) is 0 Å². The topological polar surface area (TPSA) is 76.3 Å². The van der Waals surface area contributed by atoms with Crippen LogP contribution in [0, 0.1) is 10.1 Å². The molecule has 0 aliphatic rings. The highest BCUT2D eigenvalue weighted by molar-refractivity contribution is 6.30. The van der Waals surface area contributed by atoms with E-state index in [4.69, 9.17) is 11.6 Å². The molecule has 5 nitrogen and oxygen atoms in total. The van der Waals surface area contributed by atoms with E-state index in [1.165, 1.54) is 12.3 Å². The fraction of sp³-hybridized carbons (Fsp3) is 0.444. The molecule has 0 amide bonds. The van der Waals surface area contributed by atoms with Crippen LogP contribution in [-0.4, -0.2) is 21.1 Å². The molecule has 0 aliphatic carbocycles. The first kappa shape index (κ1) is 11.9. The minimum Gasteiger partial charge on any atom is -0.393 e. The summed E-state index contributed by atoms with van der Waals surface area (Å²) in [5, 5.41) is 20.3. The third-order valence-electron chi connectivity index (χ3n) is 2.01. The number of nitrogens with zero attached hydrogens (tertiary/aromatic N) is 2. The van der Waals surface area contributed by atoms with Crippen molar-refractivity contribution in [3.8, 4) is 0 Å². The molecule has 6 heteroatoms. The lowest BCUT2D eigenvalue weighted by molar-refractivity contribution is -0.386. The van der Waals surface area contributed by atoms with E-state index < -0.39 is 11.0 Å². The standard InChI is InChI=1S/C9H11ClN2O3/c1-2-7(13)4-8-9(12(14)15)3-6(10)5-11-8/h3,5,7,13H,2,4H2,1H3. The average Bonchev–Trinajstić information content (AvgIpc) is 2.20. The maximum absolute atomic E-state index is 10.7. The molecule has 1 N–H and O–H groups in total. The summed E-state index contributed by atoms with van der Waals surface area (Å²) in [6, 6.07) is 1.24. The van der Waals surface area contributed by atoms with Crippen LogP contribution in [0.15, 0.2) is 12.3 Å². The van der Waals surface area contributed by atoms with E-state index in [0.717, 1.165) is 0 Å². The Hall–Kier alpha value is -1.20. The SMILES string of the molecule is CCC(O)Cc1ncc(Cl)cc1[N+](=O)[O-]. The van der Waals surface area contributed by atoms with Gasteiger partial charge in [-0.25, -0.2) is 0 Å². The molecule has 1 atom stereocenters. The fourth-order valence-electron chi connectivity index (χ4n) is 1.14. The first-order valence-corrected chi connectivity index (χ1v) is 4.89. The summed E-state index contributed by atoms with van der Waals surface area (Å²) >= 11 is 5.60. The maximum Gasteiger partial charge on any atom is 0.292 e. The maximum atomic E-state index is 10.7. The molecule has 0 aliphatic heterocycles. The van der Waals surface area contributed by atoms with Crippen molar-refractivity contribution in [3.63, 3.8) is 0 Å². The highest BCUT2D eigenvalue weighted by atomic mass is 35.5. The summed E-state index contributed by atoms with van der Waals surface area (Å²) in [6.45, 7) is 1.80. The van der Waals surface area contributed by atoms with E-state index in [1.807, 2.05) is 0 Å². The van der Waals surface area contributed by atoms with Crippen LogP contribution in [0.3, 0.4) is 0 Å². The minimum absolute atomic E-state index is 0.144.